The summed E-state index contributed by atoms with van der Waals surface area (Å²) < 4.78 is 0. The third-order valence-corrected chi connectivity index (χ3v) is 5.71. The van der Waals surface area contributed by atoms with Gasteiger partial charge in [-0.1, -0.05) is 48.0 Å². The van der Waals surface area contributed by atoms with E-state index in [0.29, 0.717) is 0 Å². The van der Waals surface area contributed by atoms with Crippen LogP contribution in [0.2, 0.25) is 0 Å². The van der Waals surface area contributed by atoms with Gasteiger partial charge in [-0.05, 0) is 49.3 Å². The molecule has 1 aliphatic carbocycles. The summed E-state index contributed by atoms with van der Waals surface area (Å²) in [6.45, 7) is 10.4. The van der Waals surface area contributed by atoms with Crippen LogP contribution < -0.4 is 4.90 Å². The lowest BCUT2D eigenvalue weighted by Gasteiger charge is -2.37. The summed E-state index contributed by atoms with van der Waals surface area (Å²) in [7, 11) is 0. The van der Waals surface area contributed by atoms with E-state index in [0.717, 1.165) is 24.9 Å². The largest absolute Gasteiger partial charge is 0.369 e. The molecule has 0 aromatic heterocycles. The van der Waals surface area contributed by atoms with E-state index in [4.69, 9.17) is 0 Å². The molecule has 4 rings (SSSR count). The average molecular weight is 320 g/mol. The van der Waals surface area contributed by atoms with Gasteiger partial charge in [0.05, 0.1) is 0 Å². The predicted octanol–water partition coefficient (Wildman–Crippen LogP) is 4.23. The Kier molecular flexibility index (Phi) is 4.32. The van der Waals surface area contributed by atoms with Gasteiger partial charge in [0.25, 0.3) is 0 Å². The molecule has 0 unspecified atom stereocenters. The molecule has 126 valence electrons. The highest BCUT2D eigenvalue weighted by Gasteiger charge is 2.39. The van der Waals surface area contributed by atoms with E-state index in [9.17, 15) is 0 Å². The third kappa shape index (κ3) is 3.34. The number of hydrogen-bond acceptors (Lipinski definition) is 2. The maximum Gasteiger partial charge on any atom is 0.0396 e. The highest BCUT2D eigenvalue weighted by atomic mass is 15.3. The van der Waals surface area contributed by atoms with E-state index in [-0.39, 0.29) is 0 Å². The van der Waals surface area contributed by atoms with E-state index < -0.39 is 0 Å². The van der Waals surface area contributed by atoms with Crippen LogP contribution in [0.1, 0.15) is 29.0 Å². The van der Waals surface area contributed by atoms with Gasteiger partial charge in [0.2, 0.25) is 0 Å². The lowest BCUT2D eigenvalue weighted by Crippen LogP contribution is -2.47. The van der Waals surface area contributed by atoms with Gasteiger partial charge in [-0.15, -0.1) is 0 Å². The fourth-order valence-corrected chi connectivity index (χ4v) is 4.22. The first-order valence-corrected chi connectivity index (χ1v) is 9.30. The van der Waals surface area contributed by atoms with Crippen molar-refractivity contribution in [3.63, 3.8) is 0 Å². The molecular weight excluding hydrogens is 292 g/mol. The molecule has 2 aromatic rings. The van der Waals surface area contributed by atoms with Gasteiger partial charge in [-0.3, -0.25) is 4.90 Å². The Hall–Kier alpha value is -1.80. The lowest BCUT2D eigenvalue weighted by atomic mass is 10.1. The van der Waals surface area contributed by atoms with Gasteiger partial charge in [0, 0.05) is 38.4 Å². The molecule has 0 amide bonds. The topological polar surface area (TPSA) is 6.48 Å². The summed E-state index contributed by atoms with van der Waals surface area (Å²) in [5.41, 5.74) is 5.73. The van der Waals surface area contributed by atoms with Crippen LogP contribution in [0, 0.1) is 19.8 Å². The second-order valence-corrected chi connectivity index (χ2v) is 7.59. The minimum absolute atomic E-state index is 0.809. The monoisotopic (exact) mass is 320 g/mol. The summed E-state index contributed by atoms with van der Waals surface area (Å²) >= 11 is 0. The summed E-state index contributed by atoms with van der Waals surface area (Å²) in [5.74, 6) is 1.68. The van der Waals surface area contributed by atoms with Crippen LogP contribution in [-0.4, -0.2) is 37.6 Å². The number of piperazine rings is 1. The Morgan fingerprint density at radius 1 is 0.917 bits per heavy atom. The van der Waals surface area contributed by atoms with E-state index in [1.807, 2.05) is 0 Å². The van der Waals surface area contributed by atoms with Crippen LogP contribution in [-0.2, 0) is 0 Å². The molecule has 2 aromatic carbocycles. The SMILES string of the molecule is Cc1ccc(N2CCN(C[C@H]3C[C@H]3c3ccccc3)CC2)c(C)c1. The van der Waals surface area contributed by atoms with Gasteiger partial charge >= 0.3 is 0 Å². The zero-order chi connectivity index (χ0) is 16.5. The number of rotatable bonds is 4. The minimum atomic E-state index is 0.809. The van der Waals surface area contributed by atoms with Gasteiger partial charge < -0.3 is 4.90 Å². The van der Waals surface area contributed by atoms with Crippen LogP contribution in [0.5, 0.6) is 0 Å². The summed E-state index contributed by atoms with van der Waals surface area (Å²) in [6.07, 6.45) is 1.38. The molecule has 2 heteroatoms. The molecule has 1 heterocycles. The molecule has 2 aliphatic rings. The summed E-state index contributed by atoms with van der Waals surface area (Å²) in [6, 6.07) is 17.9. The van der Waals surface area contributed by atoms with Crippen molar-refractivity contribution in [1.82, 2.24) is 4.90 Å². The van der Waals surface area contributed by atoms with Crippen molar-refractivity contribution in [1.29, 1.82) is 0 Å². The van der Waals surface area contributed by atoms with Gasteiger partial charge in [0.1, 0.15) is 0 Å². The Balaban J connectivity index is 1.29. The molecule has 2 nitrogen and oxygen atoms in total. The summed E-state index contributed by atoms with van der Waals surface area (Å²) in [5, 5.41) is 0. The first kappa shape index (κ1) is 15.7. The molecule has 1 saturated heterocycles. The van der Waals surface area contributed by atoms with Crippen molar-refractivity contribution in [2.75, 3.05) is 37.6 Å². The van der Waals surface area contributed by atoms with Crippen LogP contribution in [0.4, 0.5) is 5.69 Å². The fraction of sp³-hybridized carbons (Fsp3) is 0.455. The van der Waals surface area contributed by atoms with E-state index in [1.165, 1.54) is 48.4 Å². The normalized spacial score (nSPS) is 24.2. The average Bonchev–Trinajstić information content (AvgIpc) is 3.36. The van der Waals surface area contributed by atoms with Crippen molar-refractivity contribution >= 4 is 5.69 Å². The standard InChI is InChI=1S/C22H28N2/c1-17-8-9-22(18(2)14-17)24-12-10-23(11-13-24)16-20-15-21(20)19-6-4-3-5-7-19/h3-9,14,20-21H,10-13,15-16H2,1-2H3/t20-,21+/m1/s1. The molecule has 2 fully saturated rings. The molecule has 0 spiro atoms. The zero-order valence-corrected chi connectivity index (χ0v) is 14.9. The third-order valence-electron chi connectivity index (χ3n) is 5.71. The minimum Gasteiger partial charge on any atom is -0.369 e. The van der Waals surface area contributed by atoms with Crippen LogP contribution in [0.25, 0.3) is 0 Å². The molecule has 24 heavy (non-hydrogen) atoms. The number of aryl methyl sites for hydroxylation is 2. The van der Waals surface area contributed by atoms with E-state index in [2.05, 4.69) is 72.2 Å². The van der Waals surface area contributed by atoms with Crippen molar-refractivity contribution in [2.45, 2.75) is 26.2 Å². The highest BCUT2D eigenvalue weighted by Crippen LogP contribution is 2.47. The predicted molar refractivity (Wildman–Crippen MR) is 102 cm³/mol. The number of benzene rings is 2. The molecule has 0 N–H and O–H groups in total. The second-order valence-electron chi connectivity index (χ2n) is 7.59. The smallest absolute Gasteiger partial charge is 0.0396 e. The fourth-order valence-electron chi connectivity index (χ4n) is 4.22. The van der Waals surface area contributed by atoms with Crippen LogP contribution in [0.3, 0.4) is 0 Å². The van der Waals surface area contributed by atoms with Gasteiger partial charge in [-0.25, -0.2) is 0 Å². The van der Waals surface area contributed by atoms with Crippen molar-refractivity contribution < 1.29 is 0 Å². The Labute approximate surface area is 146 Å². The Morgan fingerprint density at radius 2 is 1.67 bits per heavy atom. The molecule has 2 atom stereocenters. The van der Waals surface area contributed by atoms with Crippen molar-refractivity contribution in [2.24, 2.45) is 5.92 Å². The first-order chi connectivity index (χ1) is 11.7. The molecule has 0 radical (unpaired) electrons. The lowest BCUT2D eigenvalue weighted by molar-refractivity contribution is 0.246. The van der Waals surface area contributed by atoms with Crippen LogP contribution in [0.15, 0.2) is 48.5 Å². The highest BCUT2D eigenvalue weighted by molar-refractivity contribution is 5.54. The Morgan fingerprint density at radius 3 is 2.38 bits per heavy atom. The van der Waals surface area contributed by atoms with Gasteiger partial charge in [0.15, 0.2) is 0 Å². The second kappa shape index (κ2) is 6.60. The first-order valence-electron chi connectivity index (χ1n) is 9.30. The molecular formula is C22H28N2. The number of hydrogen-bond donors (Lipinski definition) is 0. The maximum absolute atomic E-state index is 2.67. The van der Waals surface area contributed by atoms with Crippen LogP contribution >= 0.6 is 0 Å². The molecule has 1 aliphatic heterocycles. The zero-order valence-electron chi connectivity index (χ0n) is 14.9. The molecule has 1 saturated carbocycles. The van der Waals surface area contributed by atoms with Gasteiger partial charge in [-0.2, -0.15) is 0 Å². The summed E-state index contributed by atoms with van der Waals surface area (Å²) in [4.78, 5) is 5.24. The Bertz CT molecular complexity index is 686. The van der Waals surface area contributed by atoms with Crippen molar-refractivity contribution in [3.8, 4) is 0 Å². The van der Waals surface area contributed by atoms with E-state index >= 15 is 0 Å². The maximum atomic E-state index is 2.67. The van der Waals surface area contributed by atoms with Crippen molar-refractivity contribution in [3.05, 3.63) is 65.2 Å². The molecule has 0 bridgehead atoms. The number of nitrogens with zero attached hydrogens (tertiary/aromatic N) is 2. The quantitative estimate of drug-likeness (QED) is 0.832. The van der Waals surface area contributed by atoms with E-state index in [1.54, 1.807) is 0 Å². The number of anilines is 1.